The zero-order valence-electron chi connectivity index (χ0n) is 10.2. The summed E-state index contributed by atoms with van der Waals surface area (Å²) in [4.78, 5) is 9.48. The molecule has 0 radical (unpaired) electrons. The molecule has 1 aromatic heterocycles. The minimum Gasteiger partial charge on any atom is -0.357 e. The van der Waals surface area contributed by atoms with Crippen LogP contribution in [0.15, 0.2) is 6.20 Å². The van der Waals surface area contributed by atoms with E-state index in [-0.39, 0.29) is 29.9 Å². The van der Waals surface area contributed by atoms with Crippen LogP contribution >= 0.6 is 0 Å². The molecule has 0 saturated carbocycles. The van der Waals surface area contributed by atoms with Gasteiger partial charge >= 0.3 is 0 Å². The number of nitrogens with zero attached hydrogens (tertiary/aromatic N) is 3. The van der Waals surface area contributed by atoms with Gasteiger partial charge in [0.25, 0.3) is 0 Å². The van der Waals surface area contributed by atoms with Crippen molar-refractivity contribution in [3.8, 4) is 0 Å². The Morgan fingerprint density at radius 2 is 2.28 bits per heavy atom. The van der Waals surface area contributed by atoms with Crippen molar-refractivity contribution in [1.29, 1.82) is 0 Å². The zero-order chi connectivity index (χ0) is 13.3. The monoisotopic (exact) mass is 274 g/mol. The van der Waals surface area contributed by atoms with E-state index >= 15 is 0 Å². The Morgan fingerprint density at radius 3 is 2.89 bits per heavy atom. The first-order valence-corrected chi connectivity index (χ1v) is 7.42. The van der Waals surface area contributed by atoms with E-state index in [2.05, 4.69) is 15.3 Å². The van der Waals surface area contributed by atoms with Crippen molar-refractivity contribution in [2.24, 2.45) is 0 Å². The summed E-state index contributed by atoms with van der Waals surface area (Å²) in [5.41, 5.74) is 0. The Balaban J connectivity index is 2.32. The van der Waals surface area contributed by atoms with Crippen LogP contribution in [0.5, 0.6) is 0 Å². The molecule has 0 aromatic carbocycles. The molecule has 1 atom stereocenters. The predicted molar refractivity (Wildman–Crippen MR) is 67.0 cm³/mol. The number of nitrogens with one attached hydrogen (secondary N) is 1. The van der Waals surface area contributed by atoms with Crippen LogP contribution in [0.4, 0.5) is 16.2 Å². The molecule has 1 saturated heterocycles. The van der Waals surface area contributed by atoms with Gasteiger partial charge in [-0.25, -0.2) is 17.8 Å². The molecule has 0 aliphatic carbocycles. The van der Waals surface area contributed by atoms with Gasteiger partial charge < -0.3 is 10.2 Å². The van der Waals surface area contributed by atoms with Crippen molar-refractivity contribution in [2.75, 3.05) is 35.3 Å². The van der Waals surface area contributed by atoms with E-state index in [0.29, 0.717) is 5.95 Å². The molecular formula is C10H15FN4O2S. The van der Waals surface area contributed by atoms with Gasteiger partial charge in [0.1, 0.15) is 0 Å². The van der Waals surface area contributed by atoms with Crippen LogP contribution in [0.3, 0.4) is 0 Å². The van der Waals surface area contributed by atoms with Gasteiger partial charge in [-0.15, -0.1) is 0 Å². The fourth-order valence-electron chi connectivity index (χ4n) is 1.99. The summed E-state index contributed by atoms with van der Waals surface area (Å²) in [6.07, 6.45) is 1.09. The summed E-state index contributed by atoms with van der Waals surface area (Å²) in [6.45, 7) is 2.00. The van der Waals surface area contributed by atoms with Crippen molar-refractivity contribution in [2.45, 2.75) is 13.0 Å². The Morgan fingerprint density at radius 1 is 1.56 bits per heavy atom. The maximum absolute atomic E-state index is 13.7. The standard InChI is InChI=1S/C10H15FN4O2S/c1-7-6-18(16,17)4-3-15(7)9-8(11)5-13-10(12-2)14-9/h5,7H,3-4,6H2,1-2H3,(H,12,13,14). The molecule has 1 aliphatic rings. The van der Waals surface area contributed by atoms with Crippen molar-refractivity contribution < 1.29 is 12.8 Å². The number of hydrogen-bond donors (Lipinski definition) is 1. The lowest BCUT2D eigenvalue weighted by atomic mass is 10.3. The second kappa shape index (κ2) is 4.68. The predicted octanol–water partition coefficient (Wildman–Crippen LogP) is 0.281. The Kier molecular flexibility index (Phi) is 3.38. The summed E-state index contributed by atoms with van der Waals surface area (Å²) in [5, 5.41) is 2.73. The number of sulfone groups is 1. The van der Waals surface area contributed by atoms with Crippen LogP contribution in [-0.4, -0.2) is 49.5 Å². The average Bonchev–Trinajstić information content (AvgIpc) is 2.29. The molecular weight excluding hydrogens is 259 g/mol. The van der Waals surface area contributed by atoms with Gasteiger partial charge in [-0.1, -0.05) is 0 Å². The molecule has 1 N–H and O–H groups in total. The highest BCUT2D eigenvalue weighted by atomic mass is 32.2. The van der Waals surface area contributed by atoms with Gasteiger partial charge in [-0.2, -0.15) is 4.98 Å². The third kappa shape index (κ3) is 2.53. The number of halogens is 1. The topological polar surface area (TPSA) is 75.2 Å². The quantitative estimate of drug-likeness (QED) is 0.835. The van der Waals surface area contributed by atoms with Gasteiger partial charge in [-0.3, -0.25) is 0 Å². The van der Waals surface area contributed by atoms with Crippen LogP contribution in [0.25, 0.3) is 0 Å². The molecule has 18 heavy (non-hydrogen) atoms. The van der Waals surface area contributed by atoms with Crippen LogP contribution in [-0.2, 0) is 9.84 Å². The van der Waals surface area contributed by atoms with Gasteiger partial charge in [-0.05, 0) is 6.92 Å². The lowest BCUT2D eigenvalue weighted by Gasteiger charge is -2.34. The van der Waals surface area contributed by atoms with Gasteiger partial charge in [0.15, 0.2) is 21.5 Å². The molecule has 0 amide bonds. The summed E-state index contributed by atoms with van der Waals surface area (Å²) in [7, 11) is -1.38. The Bertz CT molecular complexity index is 549. The third-order valence-electron chi connectivity index (χ3n) is 2.89. The van der Waals surface area contributed by atoms with Crippen molar-refractivity contribution in [3.05, 3.63) is 12.0 Å². The molecule has 2 rings (SSSR count). The highest BCUT2D eigenvalue weighted by Crippen LogP contribution is 2.23. The molecule has 1 aliphatic heterocycles. The summed E-state index contributed by atoms with van der Waals surface area (Å²) < 4.78 is 36.7. The van der Waals surface area contributed by atoms with Crippen LogP contribution in [0.2, 0.25) is 0 Å². The minimum absolute atomic E-state index is 0.0192. The molecule has 0 spiro atoms. The lowest BCUT2D eigenvalue weighted by molar-refractivity contribution is 0.553. The first-order chi connectivity index (χ1) is 8.43. The van der Waals surface area contributed by atoms with Crippen LogP contribution < -0.4 is 10.2 Å². The summed E-state index contributed by atoms with van der Waals surface area (Å²) in [5.74, 6) is -0.0370. The summed E-state index contributed by atoms with van der Waals surface area (Å²) in [6, 6.07) is -0.294. The normalized spacial score (nSPS) is 22.8. The van der Waals surface area contributed by atoms with E-state index in [1.807, 2.05) is 0 Å². The van der Waals surface area contributed by atoms with E-state index in [1.165, 1.54) is 0 Å². The highest BCUT2D eigenvalue weighted by molar-refractivity contribution is 7.91. The molecule has 1 unspecified atom stereocenters. The molecule has 0 bridgehead atoms. The van der Waals surface area contributed by atoms with E-state index in [4.69, 9.17) is 0 Å². The first kappa shape index (κ1) is 13.0. The number of aromatic nitrogens is 2. The molecule has 100 valence electrons. The molecule has 1 fully saturated rings. The maximum atomic E-state index is 13.7. The molecule has 6 nitrogen and oxygen atoms in total. The van der Waals surface area contributed by atoms with E-state index in [1.54, 1.807) is 18.9 Å². The number of anilines is 2. The highest BCUT2D eigenvalue weighted by Gasteiger charge is 2.30. The van der Waals surface area contributed by atoms with Crippen molar-refractivity contribution in [1.82, 2.24) is 9.97 Å². The van der Waals surface area contributed by atoms with Gasteiger partial charge in [0, 0.05) is 19.6 Å². The van der Waals surface area contributed by atoms with Crippen LogP contribution in [0, 0.1) is 5.82 Å². The maximum Gasteiger partial charge on any atom is 0.224 e. The van der Waals surface area contributed by atoms with Crippen molar-refractivity contribution in [3.63, 3.8) is 0 Å². The zero-order valence-corrected chi connectivity index (χ0v) is 11.0. The fraction of sp³-hybridized carbons (Fsp3) is 0.600. The number of hydrogen-bond acceptors (Lipinski definition) is 6. The Labute approximate surface area is 105 Å². The van der Waals surface area contributed by atoms with E-state index in [9.17, 15) is 12.8 Å². The van der Waals surface area contributed by atoms with Crippen LogP contribution in [0.1, 0.15) is 6.92 Å². The first-order valence-electron chi connectivity index (χ1n) is 5.60. The molecule has 8 heteroatoms. The lowest BCUT2D eigenvalue weighted by Crippen LogP contribution is -2.47. The third-order valence-corrected chi connectivity index (χ3v) is 4.69. The van der Waals surface area contributed by atoms with Gasteiger partial charge in [0.2, 0.25) is 5.95 Å². The van der Waals surface area contributed by atoms with E-state index < -0.39 is 15.7 Å². The summed E-state index contributed by atoms with van der Waals surface area (Å²) >= 11 is 0. The average molecular weight is 274 g/mol. The van der Waals surface area contributed by atoms with E-state index in [0.717, 1.165) is 6.20 Å². The SMILES string of the molecule is CNc1ncc(F)c(N2CCS(=O)(=O)CC2C)n1. The molecule has 2 heterocycles. The minimum atomic E-state index is -3.02. The Hall–Kier alpha value is -1.44. The largest absolute Gasteiger partial charge is 0.357 e. The molecule has 1 aromatic rings. The second-order valence-corrected chi connectivity index (χ2v) is 6.50. The second-order valence-electron chi connectivity index (χ2n) is 4.27. The van der Waals surface area contributed by atoms with Gasteiger partial charge in [0.05, 0.1) is 17.7 Å². The number of rotatable bonds is 2. The fourth-order valence-corrected chi connectivity index (χ4v) is 3.55. The van der Waals surface area contributed by atoms with Crippen molar-refractivity contribution >= 4 is 21.6 Å². The smallest absolute Gasteiger partial charge is 0.224 e.